The zero-order valence-electron chi connectivity index (χ0n) is 15.9. The third kappa shape index (κ3) is 4.79. The zero-order chi connectivity index (χ0) is 22.0. The molecule has 0 radical (unpaired) electrons. The highest BCUT2D eigenvalue weighted by Gasteiger charge is 2.12. The van der Waals surface area contributed by atoms with E-state index in [-0.39, 0.29) is 11.3 Å². The van der Waals surface area contributed by atoms with E-state index < -0.39 is 10.5 Å². The summed E-state index contributed by atoms with van der Waals surface area (Å²) < 4.78 is 5.14. The molecule has 4 rings (SSSR count). The number of fused-ring (bicyclic) bond motifs is 1. The van der Waals surface area contributed by atoms with Crippen LogP contribution in [0.2, 0.25) is 10.0 Å². The van der Waals surface area contributed by atoms with Crippen molar-refractivity contribution in [2.24, 2.45) is 0 Å². The van der Waals surface area contributed by atoms with Crippen molar-refractivity contribution < 1.29 is 9.34 Å². The second-order valence-corrected chi connectivity index (χ2v) is 7.55. The van der Waals surface area contributed by atoms with Crippen LogP contribution in [0.15, 0.2) is 75.9 Å². The maximum atomic E-state index is 11.9. The van der Waals surface area contributed by atoms with Crippen LogP contribution in [0.1, 0.15) is 5.56 Å². The maximum Gasteiger partial charge on any atom is 0.338 e. The number of hydrogen-bond acceptors (Lipinski definition) is 6. The Kier molecular flexibility index (Phi) is 5.79. The van der Waals surface area contributed by atoms with E-state index in [2.05, 4.69) is 10.6 Å². The average molecular weight is 456 g/mol. The van der Waals surface area contributed by atoms with Gasteiger partial charge in [0.05, 0.1) is 10.6 Å². The Labute approximate surface area is 186 Å². The number of hydrogen-bond donors (Lipinski definition) is 2. The van der Waals surface area contributed by atoms with Gasteiger partial charge in [-0.2, -0.15) is 0 Å². The number of nitrogens with zero attached hydrogens (tertiary/aromatic N) is 1. The van der Waals surface area contributed by atoms with Crippen LogP contribution in [-0.2, 0) is 6.54 Å². The van der Waals surface area contributed by atoms with Gasteiger partial charge in [-0.3, -0.25) is 10.1 Å². The van der Waals surface area contributed by atoms with Crippen molar-refractivity contribution in [2.45, 2.75) is 6.54 Å². The fourth-order valence-electron chi connectivity index (χ4n) is 3.06. The second kappa shape index (κ2) is 8.67. The Morgan fingerprint density at radius 2 is 1.68 bits per heavy atom. The van der Waals surface area contributed by atoms with Crippen molar-refractivity contribution in [3.8, 4) is 0 Å². The fraction of sp³-hybridized carbons (Fsp3) is 0.0455. The molecule has 31 heavy (non-hydrogen) atoms. The molecule has 1 aromatic heterocycles. The van der Waals surface area contributed by atoms with Crippen LogP contribution in [0.25, 0.3) is 11.0 Å². The Hall–Kier alpha value is -3.55. The summed E-state index contributed by atoms with van der Waals surface area (Å²) in [5.74, 6) is 0. The van der Waals surface area contributed by atoms with Crippen molar-refractivity contribution >= 4 is 56.9 Å². The van der Waals surface area contributed by atoms with Crippen LogP contribution in [0.5, 0.6) is 0 Å². The van der Waals surface area contributed by atoms with Gasteiger partial charge >= 0.3 is 5.63 Å². The maximum absolute atomic E-state index is 11.9. The molecule has 3 aromatic carbocycles. The molecule has 0 bridgehead atoms. The highest BCUT2D eigenvalue weighted by molar-refractivity contribution is 6.35. The van der Waals surface area contributed by atoms with E-state index >= 15 is 0 Å². The van der Waals surface area contributed by atoms with Crippen molar-refractivity contribution in [3.05, 3.63) is 103 Å². The van der Waals surface area contributed by atoms with Gasteiger partial charge in [-0.15, -0.1) is 0 Å². The van der Waals surface area contributed by atoms with Crippen molar-refractivity contribution in [1.29, 1.82) is 0 Å². The summed E-state index contributed by atoms with van der Waals surface area (Å²) in [4.78, 5) is 22.5. The molecular formula is C22H15Cl2N3O4. The van der Waals surface area contributed by atoms with Crippen molar-refractivity contribution in [3.63, 3.8) is 0 Å². The van der Waals surface area contributed by atoms with Crippen molar-refractivity contribution in [1.82, 2.24) is 0 Å². The van der Waals surface area contributed by atoms with Gasteiger partial charge in [0.1, 0.15) is 5.58 Å². The summed E-state index contributed by atoms with van der Waals surface area (Å²) in [6.07, 6.45) is 0. The summed E-state index contributed by atoms with van der Waals surface area (Å²) in [5.41, 5.74) is 2.52. The molecule has 0 amide bonds. The first-order valence-electron chi connectivity index (χ1n) is 9.16. The number of anilines is 3. The molecule has 7 nitrogen and oxygen atoms in total. The van der Waals surface area contributed by atoms with Gasteiger partial charge in [0.2, 0.25) is 0 Å². The van der Waals surface area contributed by atoms with Gasteiger partial charge in [0.15, 0.2) is 0 Å². The van der Waals surface area contributed by atoms with Gasteiger partial charge in [-0.1, -0.05) is 29.3 Å². The quantitative estimate of drug-likeness (QED) is 0.199. The third-order valence-corrected chi connectivity index (χ3v) is 5.19. The van der Waals surface area contributed by atoms with E-state index in [0.29, 0.717) is 33.4 Å². The summed E-state index contributed by atoms with van der Waals surface area (Å²) in [5, 5.41) is 19.1. The predicted octanol–water partition coefficient (Wildman–Crippen LogP) is 6.36. The summed E-state index contributed by atoms with van der Waals surface area (Å²) >= 11 is 12.1. The van der Waals surface area contributed by atoms with Crippen LogP contribution >= 0.6 is 23.2 Å². The standard InChI is InChI=1S/C22H15Cl2N3O4/c23-14-2-1-13(19(24)9-14)12-25-15-3-5-16(6-4-15)26-20-11-22(28)31-21-8-7-17(27(29)30)10-18(20)21/h1-11,25-26H,12H2. The summed E-state index contributed by atoms with van der Waals surface area (Å²) in [6.45, 7) is 0.525. The third-order valence-electron chi connectivity index (χ3n) is 4.60. The summed E-state index contributed by atoms with van der Waals surface area (Å²) in [7, 11) is 0. The van der Waals surface area contributed by atoms with Gasteiger partial charge in [-0.25, -0.2) is 4.79 Å². The van der Waals surface area contributed by atoms with Gasteiger partial charge in [0.25, 0.3) is 5.69 Å². The zero-order valence-corrected chi connectivity index (χ0v) is 17.4. The number of nitro benzene ring substituents is 1. The largest absolute Gasteiger partial charge is 0.423 e. The SMILES string of the molecule is O=c1cc(Nc2ccc(NCc3ccc(Cl)cc3Cl)cc2)c2cc([N+](=O)[O-])ccc2o1. The van der Waals surface area contributed by atoms with E-state index in [0.717, 1.165) is 11.3 Å². The molecule has 4 aromatic rings. The molecule has 2 N–H and O–H groups in total. The molecule has 0 fully saturated rings. The average Bonchev–Trinajstić information content (AvgIpc) is 2.74. The smallest absolute Gasteiger partial charge is 0.338 e. The van der Waals surface area contributed by atoms with Crippen molar-refractivity contribution in [2.75, 3.05) is 10.6 Å². The number of halogens is 2. The Morgan fingerprint density at radius 3 is 2.39 bits per heavy atom. The highest BCUT2D eigenvalue weighted by Crippen LogP contribution is 2.29. The fourth-order valence-corrected chi connectivity index (χ4v) is 3.53. The molecule has 0 spiro atoms. The van der Waals surface area contributed by atoms with E-state index in [9.17, 15) is 14.9 Å². The first-order chi connectivity index (χ1) is 14.9. The molecule has 0 aliphatic rings. The van der Waals surface area contributed by atoms with Gasteiger partial charge in [0, 0.05) is 51.6 Å². The monoisotopic (exact) mass is 455 g/mol. The molecule has 9 heteroatoms. The minimum Gasteiger partial charge on any atom is -0.423 e. The van der Waals surface area contributed by atoms with Crippen LogP contribution in [-0.4, -0.2) is 4.92 Å². The molecule has 0 saturated heterocycles. The normalized spacial score (nSPS) is 10.8. The predicted molar refractivity (Wildman–Crippen MR) is 123 cm³/mol. The van der Waals surface area contributed by atoms with Gasteiger partial charge < -0.3 is 15.1 Å². The molecule has 0 unspecified atom stereocenters. The molecule has 0 aliphatic carbocycles. The van der Waals surface area contributed by atoms with E-state index in [1.807, 2.05) is 30.3 Å². The Balaban J connectivity index is 1.53. The number of nitrogens with one attached hydrogen (secondary N) is 2. The van der Waals surface area contributed by atoms with E-state index in [4.69, 9.17) is 27.6 Å². The number of nitro groups is 1. The van der Waals surface area contributed by atoms with Crippen LogP contribution < -0.4 is 16.3 Å². The second-order valence-electron chi connectivity index (χ2n) is 6.71. The molecule has 0 aliphatic heterocycles. The lowest BCUT2D eigenvalue weighted by Gasteiger charge is -2.11. The first-order valence-corrected chi connectivity index (χ1v) is 9.92. The lowest BCUT2D eigenvalue weighted by Crippen LogP contribution is -2.02. The summed E-state index contributed by atoms with van der Waals surface area (Å²) in [6, 6.07) is 18.0. The topological polar surface area (TPSA) is 97.4 Å². The molecule has 156 valence electrons. The molecule has 0 saturated carbocycles. The van der Waals surface area contributed by atoms with Crippen LogP contribution in [0.3, 0.4) is 0 Å². The number of benzene rings is 3. The molecular weight excluding hydrogens is 441 g/mol. The molecule has 1 heterocycles. The Bertz CT molecular complexity index is 1340. The highest BCUT2D eigenvalue weighted by atomic mass is 35.5. The minimum atomic E-state index is -0.554. The Morgan fingerprint density at radius 1 is 0.935 bits per heavy atom. The van der Waals surface area contributed by atoms with Crippen LogP contribution in [0, 0.1) is 10.1 Å². The number of non-ortho nitro benzene ring substituents is 1. The van der Waals surface area contributed by atoms with Gasteiger partial charge in [-0.05, 0) is 48.0 Å². The van der Waals surface area contributed by atoms with E-state index in [1.165, 1.54) is 24.3 Å². The van der Waals surface area contributed by atoms with Crippen LogP contribution in [0.4, 0.5) is 22.7 Å². The first kappa shape index (κ1) is 20.7. The van der Waals surface area contributed by atoms with E-state index in [1.54, 1.807) is 12.1 Å². The minimum absolute atomic E-state index is 0.0928. The molecule has 0 atom stereocenters. The number of rotatable bonds is 6. The lowest BCUT2D eigenvalue weighted by atomic mass is 10.1. The lowest BCUT2D eigenvalue weighted by molar-refractivity contribution is -0.384.